The number of aryl methyl sites for hydroxylation is 2. The van der Waals surface area contributed by atoms with Gasteiger partial charge in [0.1, 0.15) is 29.7 Å². The number of anilines is 1. The Kier molecular flexibility index (Phi) is 5.23. The molecule has 4 heterocycles. The van der Waals surface area contributed by atoms with Crippen molar-refractivity contribution in [2.45, 2.75) is 37.6 Å². The third-order valence-corrected chi connectivity index (χ3v) is 4.61. The number of rotatable bonds is 7. The van der Waals surface area contributed by atoms with Gasteiger partial charge in [-0.05, 0) is 0 Å². The molecule has 0 aromatic carbocycles. The van der Waals surface area contributed by atoms with Crippen LogP contribution < -0.4 is 4.90 Å². The van der Waals surface area contributed by atoms with Crippen LogP contribution >= 0.6 is 0 Å². The molecule has 4 atom stereocenters. The van der Waals surface area contributed by atoms with Crippen LogP contribution in [0.15, 0.2) is 18.6 Å². The molecule has 3 N–H and O–H groups in total. The second-order valence-corrected chi connectivity index (χ2v) is 6.91. The van der Waals surface area contributed by atoms with E-state index in [1.165, 1.54) is 4.68 Å². The molecule has 3 aromatic heterocycles. The highest BCUT2D eigenvalue weighted by Crippen LogP contribution is 2.29. The molecule has 0 radical (unpaired) electrons. The van der Waals surface area contributed by atoms with Crippen molar-refractivity contribution < 1.29 is 20.1 Å². The Balaban J connectivity index is 1.57. The quantitative estimate of drug-likeness (QED) is 0.375. The van der Waals surface area contributed by atoms with Gasteiger partial charge in [-0.2, -0.15) is 0 Å². The second-order valence-electron chi connectivity index (χ2n) is 6.91. The van der Waals surface area contributed by atoms with Crippen molar-refractivity contribution in [3.8, 4) is 0 Å². The van der Waals surface area contributed by atoms with Gasteiger partial charge in [0.2, 0.25) is 0 Å². The summed E-state index contributed by atoms with van der Waals surface area (Å²) in [5.41, 5.74) is 1.44. The summed E-state index contributed by atoms with van der Waals surface area (Å²) in [6.07, 6.45) is 0.868. The van der Waals surface area contributed by atoms with Crippen LogP contribution in [0.3, 0.4) is 0 Å². The molecule has 29 heavy (non-hydrogen) atoms. The Morgan fingerprint density at radius 1 is 0.931 bits per heavy atom. The van der Waals surface area contributed by atoms with Crippen LogP contribution in [-0.2, 0) is 31.9 Å². The summed E-state index contributed by atoms with van der Waals surface area (Å²) in [7, 11) is 3.56. The van der Waals surface area contributed by atoms with Crippen molar-refractivity contribution >= 4 is 5.82 Å². The van der Waals surface area contributed by atoms with E-state index in [-0.39, 0.29) is 0 Å². The van der Waals surface area contributed by atoms with Crippen molar-refractivity contribution in [3.05, 3.63) is 30.0 Å². The van der Waals surface area contributed by atoms with E-state index in [0.717, 1.165) is 11.4 Å². The van der Waals surface area contributed by atoms with Crippen LogP contribution in [0.25, 0.3) is 0 Å². The van der Waals surface area contributed by atoms with E-state index < -0.39 is 31.1 Å². The maximum atomic E-state index is 10.2. The Morgan fingerprint density at radius 2 is 1.55 bits per heavy atom. The summed E-state index contributed by atoms with van der Waals surface area (Å²) in [6, 6.07) is 0. The minimum Gasteiger partial charge on any atom is -0.394 e. The predicted molar refractivity (Wildman–Crippen MR) is 94.9 cm³/mol. The van der Waals surface area contributed by atoms with Crippen molar-refractivity contribution in [1.82, 2.24) is 45.0 Å². The smallest absolute Gasteiger partial charge is 0.180 e. The predicted octanol–water partition coefficient (Wildman–Crippen LogP) is -2.65. The molecule has 1 saturated heterocycles. The van der Waals surface area contributed by atoms with Crippen molar-refractivity contribution in [2.24, 2.45) is 14.1 Å². The summed E-state index contributed by atoms with van der Waals surface area (Å²) in [5.74, 6) is 0.485. The maximum Gasteiger partial charge on any atom is 0.180 e. The zero-order chi connectivity index (χ0) is 20.5. The largest absolute Gasteiger partial charge is 0.394 e. The first-order chi connectivity index (χ1) is 13.9. The molecule has 0 spiro atoms. The van der Waals surface area contributed by atoms with E-state index in [1.807, 2.05) is 4.90 Å². The Hall–Kier alpha value is -2.94. The molecule has 0 amide bonds. The normalized spacial score (nSPS) is 24.3. The second kappa shape index (κ2) is 7.82. The number of aliphatic hydroxyl groups is 3. The number of aromatic nitrogens is 9. The van der Waals surface area contributed by atoms with Gasteiger partial charge < -0.3 is 25.0 Å². The number of ether oxygens (including phenoxy) is 1. The van der Waals surface area contributed by atoms with Crippen LogP contribution in [0, 0.1) is 0 Å². The lowest BCUT2D eigenvalue weighted by Gasteiger charge is -2.19. The molecule has 14 nitrogen and oxygen atoms in total. The maximum absolute atomic E-state index is 10.2. The van der Waals surface area contributed by atoms with Crippen LogP contribution in [0.5, 0.6) is 0 Å². The van der Waals surface area contributed by atoms with E-state index in [1.54, 1.807) is 42.0 Å². The van der Waals surface area contributed by atoms with Crippen LogP contribution in [-0.4, -0.2) is 85.2 Å². The molecule has 1 aliphatic heterocycles. The first-order valence-electron chi connectivity index (χ1n) is 8.94. The van der Waals surface area contributed by atoms with E-state index in [9.17, 15) is 15.3 Å². The lowest BCUT2D eigenvalue weighted by atomic mass is 10.1. The van der Waals surface area contributed by atoms with Gasteiger partial charge in [0.15, 0.2) is 12.0 Å². The average Bonchev–Trinajstić information content (AvgIpc) is 3.46. The van der Waals surface area contributed by atoms with Gasteiger partial charge in [0.25, 0.3) is 0 Å². The van der Waals surface area contributed by atoms with E-state index in [0.29, 0.717) is 18.9 Å². The number of nitrogens with zero attached hydrogens (tertiary/aromatic N) is 10. The third-order valence-electron chi connectivity index (χ3n) is 4.61. The fourth-order valence-corrected chi connectivity index (χ4v) is 3.18. The van der Waals surface area contributed by atoms with Crippen molar-refractivity contribution in [1.29, 1.82) is 0 Å². The molecule has 156 valence electrons. The molecular formula is C15H22N10O4. The van der Waals surface area contributed by atoms with Gasteiger partial charge in [0, 0.05) is 26.5 Å². The summed E-state index contributed by atoms with van der Waals surface area (Å²) >= 11 is 0. The van der Waals surface area contributed by atoms with Gasteiger partial charge in [-0.3, -0.25) is 9.36 Å². The standard InChI is InChI=1S/C15H22N10O4/c1-22-3-9(16-19-22)5-24(6-10-4-23(2)20-17-10)12-7-25(21-18-12)15-14(28)13(27)11(8-26)29-15/h3-4,7,11,13-15,26-28H,5-6,8H2,1-2H3/t11-,13?,14+,15-/m1/s1. The molecule has 0 bridgehead atoms. The van der Waals surface area contributed by atoms with E-state index >= 15 is 0 Å². The minimum absolute atomic E-state index is 0.388. The summed E-state index contributed by atoms with van der Waals surface area (Å²) in [4.78, 5) is 1.87. The first kappa shape index (κ1) is 19.4. The van der Waals surface area contributed by atoms with Gasteiger partial charge >= 0.3 is 0 Å². The molecule has 1 fully saturated rings. The lowest BCUT2D eigenvalue weighted by molar-refractivity contribution is -0.0594. The molecule has 1 unspecified atom stereocenters. The van der Waals surface area contributed by atoms with E-state index in [2.05, 4.69) is 30.9 Å². The van der Waals surface area contributed by atoms with Gasteiger partial charge in [-0.15, -0.1) is 15.3 Å². The number of hydrogen-bond acceptors (Lipinski definition) is 11. The third kappa shape index (κ3) is 3.95. The Bertz CT molecular complexity index is 912. The van der Waals surface area contributed by atoms with Crippen LogP contribution in [0.4, 0.5) is 5.82 Å². The van der Waals surface area contributed by atoms with Crippen molar-refractivity contribution in [2.75, 3.05) is 11.5 Å². The minimum atomic E-state index is -1.24. The molecule has 0 aliphatic carbocycles. The summed E-state index contributed by atoms with van der Waals surface area (Å²) in [5, 5.41) is 53.7. The molecule has 3 aromatic rings. The van der Waals surface area contributed by atoms with Gasteiger partial charge in [0.05, 0.1) is 25.9 Å². The Labute approximate surface area is 164 Å². The molecule has 0 saturated carbocycles. The summed E-state index contributed by atoms with van der Waals surface area (Å²) in [6.45, 7) is 0.361. The van der Waals surface area contributed by atoms with Crippen molar-refractivity contribution in [3.63, 3.8) is 0 Å². The monoisotopic (exact) mass is 406 g/mol. The Morgan fingerprint density at radius 3 is 2.03 bits per heavy atom. The summed E-state index contributed by atoms with van der Waals surface area (Å²) < 4.78 is 10.0. The highest BCUT2D eigenvalue weighted by atomic mass is 16.6. The fraction of sp³-hybridized carbons (Fsp3) is 0.600. The molecular weight excluding hydrogens is 384 g/mol. The zero-order valence-corrected chi connectivity index (χ0v) is 15.9. The molecule has 4 rings (SSSR count). The first-order valence-corrected chi connectivity index (χ1v) is 8.94. The highest BCUT2D eigenvalue weighted by molar-refractivity contribution is 5.36. The average molecular weight is 406 g/mol. The lowest BCUT2D eigenvalue weighted by Crippen LogP contribution is -2.33. The fourth-order valence-electron chi connectivity index (χ4n) is 3.18. The van der Waals surface area contributed by atoms with Crippen LogP contribution in [0.1, 0.15) is 17.6 Å². The highest BCUT2D eigenvalue weighted by Gasteiger charge is 2.44. The SMILES string of the molecule is Cn1cc(CN(Cc2cn(C)nn2)c2cn([C@@H]3O[C@H](CO)C(O)[C@@H]3O)nn2)nn1. The molecule has 1 aliphatic rings. The van der Waals surface area contributed by atoms with Gasteiger partial charge in [-0.1, -0.05) is 15.6 Å². The topological polar surface area (TPSA) is 165 Å². The van der Waals surface area contributed by atoms with Gasteiger partial charge in [-0.25, -0.2) is 4.68 Å². The molecule has 14 heteroatoms. The number of hydrogen-bond donors (Lipinski definition) is 3. The van der Waals surface area contributed by atoms with E-state index in [4.69, 9.17) is 4.74 Å². The van der Waals surface area contributed by atoms with Crippen LogP contribution in [0.2, 0.25) is 0 Å². The number of aliphatic hydroxyl groups excluding tert-OH is 3. The zero-order valence-electron chi connectivity index (χ0n) is 15.9.